The summed E-state index contributed by atoms with van der Waals surface area (Å²) in [5.74, 6) is 6.15. The van der Waals surface area contributed by atoms with Crippen molar-refractivity contribution in [3.8, 4) is 11.3 Å². The highest BCUT2D eigenvalue weighted by molar-refractivity contribution is 8.00. The van der Waals surface area contributed by atoms with Gasteiger partial charge in [-0.25, -0.2) is 9.66 Å². The lowest BCUT2D eigenvalue weighted by molar-refractivity contribution is -0.117. The van der Waals surface area contributed by atoms with Crippen molar-refractivity contribution in [2.75, 3.05) is 17.3 Å². The van der Waals surface area contributed by atoms with Crippen LogP contribution in [0.25, 0.3) is 11.3 Å². The minimum absolute atomic E-state index is 0.0872. The molecular formula is C20H20N4OS. The summed E-state index contributed by atoms with van der Waals surface area (Å²) in [6, 6.07) is 18.0. The number of nitrogens with two attached hydrogens (primary N) is 1. The zero-order valence-corrected chi connectivity index (χ0v) is 15.3. The molecule has 0 bridgehead atoms. The van der Waals surface area contributed by atoms with E-state index in [0.717, 1.165) is 29.9 Å². The smallest absolute Gasteiger partial charge is 0.240 e. The predicted octanol–water partition coefficient (Wildman–Crippen LogP) is 3.33. The van der Waals surface area contributed by atoms with E-state index in [9.17, 15) is 4.79 Å². The van der Waals surface area contributed by atoms with E-state index in [2.05, 4.69) is 11.1 Å². The summed E-state index contributed by atoms with van der Waals surface area (Å²) in [6.07, 6.45) is 2.70. The summed E-state index contributed by atoms with van der Waals surface area (Å²) in [6.45, 7) is 2.64. The van der Waals surface area contributed by atoms with Crippen LogP contribution in [-0.4, -0.2) is 27.4 Å². The molecule has 26 heavy (non-hydrogen) atoms. The third kappa shape index (κ3) is 3.08. The molecule has 132 valence electrons. The Hall–Kier alpha value is -2.73. The van der Waals surface area contributed by atoms with Crippen molar-refractivity contribution in [3.05, 3.63) is 66.4 Å². The summed E-state index contributed by atoms with van der Waals surface area (Å²) in [5, 5.41) is 0.367. The Morgan fingerprint density at radius 3 is 2.69 bits per heavy atom. The van der Waals surface area contributed by atoms with E-state index >= 15 is 0 Å². The first kappa shape index (κ1) is 16.7. The molecule has 1 aliphatic rings. The molecule has 4 rings (SSSR count). The molecule has 2 N–H and O–H groups in total. The molecule has 1 aliphatic heterocycles. The monoisotopic (exact) mass is 364 g/mol. The van der Waals surface area contributed by atoms with E-state index in [4.69, 9.17) is 5.84 Å². The number of hydrogen-bond acceptors (Lipinski definition) is 4. The number of carbonyl (C=O) groups excluding carboxylic acids is 1. The number of anilines is 1. The molecular weight excluding hydrogens is 344 g/mol. The highest BCUT2D eigenvalue weighted by Gasteiger charge is 2.29. The lowest BCUT2D eigenvalue weighted by Crippen LogP contribution is -2.35. The van der Waals surface area contributed by atoms with Gasteiger partial charge in [-0.05, 0) is 25.0 Å². The maximum atomic E-state index is 12.9. The standard InChI is InChI=1S/C20H20N4OS/c1-14(19(25)23-12-11-16-9-5-6-10-18(16)23)26-20-22-17(13-24(20)21)15-7-3-2-4-8-15/h2-10,13-14H,11-12,21H2,1H3. The van der Waals surface area contributed by atoms with Gasteiger partial charge >= 0.3 is 0 Å². The van der Waals surface area contributed by atoms with Crippen molar-refractivity contribution in [1.29, 1.82) is 0 Å². The van der Waals surface area contributed by atoms with Crippen LogP contribution in [0.4, 0.5) is 5.69 Å². The van der Waals surface area contributed by atoms with Crippen molar-refractivity contribution >= 4 is 23.4 Å². The average molecular weight is 364 g/mol. The Balaban J connectivity index is 1.51. The van der Waals surface area contributed by atoms with Crippen molar-refractivity contribution in [2.24, 2.45) is 0 Å². The molecule has 5 nitrogen and oxygen atoms in total. The van der Waals surface area contributed by atoms with Crippen LogP contribution in [0, 0.1) is 0 Å². The summed E-state index contributed by atoms with van der Waals surface area (Å²) < 4.78 is 1.49. The summed E-state index contributed by atoms with van der Waals surface area (Å²) in [5.41, 5.74) is 4.06. The second-order valence-corrected chi connectivity index (χ2v) is 7.62. The average Bonchev–Trinajstić information content (AvgIpc) is 3.26. The van der Waals surface area contributed by atoms with E-state index in [1.807, 2.05) is 60.4 Å². The number of thioether (sulfide) groups is 1. The zero-order chi connectivity index (χ0) is 18.1. The van der Waals surface area contributed by atoms with E-state index < -0.39 is 0 Å². The Labute approximate surface area is 156 Å². The zero-order valence-electron chi connectivity index (χ0n) is 14.5. The highest BCUT2D eigenvalue weighted by Crippen LogP contribution is 2.31. The van der Waals surface area contributed by atoms with Gasteiger partial charge in [0, 0.05) is 17.8 Å². The number of aromatic nitrogens is 2. The first-order valence-electron chi connectivity index (χ1n) is 8.59. The summed E-state index contributed by atoms with van der Waals surface area (Å²) in [4.78, 5) is 19.4. The van der Waals surface area contributed by atoms with Crippen LogP contribution < -0.4 is 10.7 Å². The van der Waals surface area contributed by atoms with Crippen molar-refractivity contribution in [1.82, 2.24) is 9.66 Å². The molecule has 0 saturated carbocycles. The van der Waals surface area contributed by atoms with Gasteiger partial charge in [-0.15, -0.1) is 0 Å². The maximum absolute atomic E-state index is 12.9. The molecule has 1 atom stereocenters. The molecule has 2 aromatic carbocycles. The molecule has 1 aromatic heterocycles. The minimum atomic E-state index is -0.269. The van der Waals surface area contributed by atoms with Gasteiger partial charge in [0.2, 0.25) is 5.91 Å². The van der Waals surface area contributed by atoms with Gasteiger partial charge < -0.3 is 10.7 Å². The number of amides is 1. The molecule has 0 radical (unpaired) electrons. The largest absolute Gasteiger partial charge is 0.337 e. The Morgan fingerprint density at radius 1 is 1.15 bits per heavy atom. The van der Waals surface area contributed by atoms with Crippen molar-refractivity contribution in [2.45, 2.75) is 23.8 Å². The van der Waals surface area contributed by atoms with Crippen LogP contribution in [0.2, 0.25) is 0 Å². The van der Waals surface area contributed by atoms with Crippen LogP contribution in [-0.2, 0) is 11.2 Å². The molecule has 1 unspecified atom stereocenters. The fraction of sp³-hybridized carbons (Fsp3) is 0.200. The third-order valence-corrected chi connectivity index (χ3v) is 5.62. The molecule has 6 heteroatoms. The Morgan fingerprint density at radius 2 is 1.88 bits per heavy atom. The molecule has 1 amide bonds. The number of hydrogen-bond donors (Lipinski definition) is 1. The third-order valence-electron chi connectivity index (χ3n) is 4.55. The Bertz CT molecular complexity index is 938. The van der Waals surface area contributed by atoms with E-state index in [0.29, 0.717) is 5.16 Å². The van der Waals surface area contributed by atoms with Gasteiger partial charge in [0.15, 0.2) is 5.16 Å². The number of imidazole rings is 1. The molecule has 0 fully saturated rings. The van der Waals surface area contributed by atoms with E-state index in [-0.39, 0.29) is 11.2 Å². The molecule has 0 spiro atoms. The van der Waals surface area contributed by atoms with Gasteiger partial charge in [-0.2, -0.15) is 0 Å². The van der Waals surface area contributed by atoms with Crippen LogP contribution in [0.5, 0.6) is 0 Å². The van der Waals surface area contributed by atoms with Gasteiger partial charge in [0.25, 0.3) is 0 Å². The summed E-state index contributed by atoms with van der Waals surface area (Å²) >= 11 is 1.39. The lowest BCUT2D eigenvalue weighted by Gasteiger charge is -2.21. The van der Waals surface area contributed by atoms with Gasteiger partial charge in [0.1, 0.15) is 0 Å². The highest BCUT2D eigenvalue weighted by atomic mass is 32.2. The predicted molar refractivity (Wildman–Crippen MR) is 106 cm³/mol. The first-order chi connectivity index (χ1) is 12.6. The number of benzene rings is 2. The number of fused-ring (bicyclic) bond motifs is 1. The number of carbonyl (C=O) groups is 1. The van der Waals surface area contributed by atoms with Crippen LogP contribution >= 0.6 is 11.8 Å². The topological polar surface area (TPSA) is 64.2 Å². The number of nitrogen functional groups attached to an aromatic ring is 1. The van der Waals surface area contributed by atoms with Crippen LogP contribution in [0.1, 0.15) is 12.5 Å². The maximum Gasteiger partial charge on any atom is 0.240 e. The SMILES string of the molecule is CC(Sc1nc(-c2ccccc2)cn1N)C(=O)N1CCc2ccccc21. The van der Waals surface area contributed by atoms with Crippen molar-refractivity contribution < 1.29 is 4.79 Å². The van der Waals surface area contributed by atoms with Crippen molar-refractivity contribution in [3.63, 3.8) is 0 Å². The lowest BCUT2D eigenvalue weighted by atomic mass is 10.2. The second kappa shape index (κ2) is 6.88. The van der Waals surface area contributed by atoms with E-state index in [1.165, 1.54) is 22.0 Å². The Kier molecular flexibility index (Phi) is 4.42. The fourth-order valence-corrected chi connectivity index (χ4v) is 4.08. The molecule has 2 heterocycles. The minimum Gasteiger partial charge on any atom is -0.337 e. The van der Waals surface area contributed by atoms with Crippen LogP contribution in [0.15, 0.2) is 66.0 Å². The van der Waals surface area contributed by atoms with Gasteiger partial charge in [-0.3, -0.25) is 4.79 Å². The number of nitrogens with zero attached hydrogens (tertiary/aromatic N) is 3. The fourth-order valence-electron chi connectivity index (χ4n) is 3.21. The molecule has 0 saturated heterocycles. The quantitative estimate of drug-likeness (QED) is 0.570. The summed E-state index contributed by atoms with van der Waals surface area (Å²) in [7, 11) is 0. The van der Waals surface area contributed by atoms with Gasteiger partial charge in [-0.1, -0.05) is 60.3 Å². The van der Waals surface area contributed by atoms with Gasteiger partial charge in [0.05, 0.1) is 17.1 Å². The first-order valence-corrected chi connectivity index (χ1v) is 9.47. The second-order valence-electron chi connectivity index (χ2n) is 6.31. The molecule has 0 aliphatic carbocycles. The number of rotatable bonds is 4. The normalized spacial score (nSPS) is 14.3. The van der Waals surface area contributed by atoms with Crippen LogP contribution in [0.3, 0.4) is 0 Å². The van der Waals surface area contributed by atoms with E-state index in [1.54, 1.807) is 6.20 Å². The number of para-hydroxylation sites is 1. The molecule has 3 aromatic rings.